The molecule has 0 unspecified atom stereocenters. The molecule has 2 N–H and O–H groups in total. The monoisotopic (exact) mass is 310 g/mol. The van der Waals surface area contributed by atoms with Crippen molar-refractivity contribution in [3.05, 3.63) is 54.6 Å². The summed E-state index contributed by atoms with van der Waals surface area (Å²) in [6, 6.07) is 17.9. The lowest BCUT2D eigenvalue weighted by Crippen LogP contribution is -2.30. The van der Waals surface area contributed by atoms with Crippen LogP contribution in [0.2, 0.25) is 0 Å². The van der Waals surface area contributed by atoms with E-state index in [1.807, 2.05) is 42.5 Å². The molecule has 4 rings (SSSR count). The van der Waals surface area contributed by atoms with E-state index in [4.69, 9.17) is 4.74 Å². The first-order valence-corrected chi connectivity index (χ1v) is 7.94. The molecule has 0 saturated carbocycles. The van der Waals surface area contributed by atoms with Gasteiger partial charge in [-0.25, -0.2) is 9.13 Å². The van der Waals surface area contributed by atoms with E-state index in [0.717, 1.165) is 30.3 Å². The van der Waals surface area contributed by atoms with E-state index in [9.17, 15) is 5.11 Å². The molecular formula is C18H20N3O2+. The highest BCUT2D eigenvalue weighted by molar-refractivity contribution is 5.74. The molecule has 5 heteroatoms. The smallest absolute Gasteiger partial charge is 0.358 e. The predicted molar refractivity (Wildman–Crippen MR) is 88.6 cm³/mol. The summed E-state index contributed by atoms with van der Waals surface area (Å²) in [7, 11) is 0. The number of aromatic nitrogens is 2. The normalized spacial score (nSPS) is 14.5. The van der Waals surface area contributed by atoms with Crippen LogP contribution in [0.5, 0.6) is 5.75 Å². The van der Waals surface area contributed by atoms with Crippen molar-refractivity contribution in [1.82, 2.24) is 4.57 Å². The fourth-order valence-electron chi connectivity index (χ4n) is 3.15. The van der Waals surface area contributed by atoms with Gasteiger partial charge in [0.15, 0.2) is 0 Å². The summed E-state index contributed by atoms with van der Waals surface area (Å²) in [5, 5.41) is 13.8. The van der Waals surface area contributed by atoms with Crippen molar-refractivity contribution in [2.24, 2.45) is 0 Å². The largest absolute Gasteiger partial charge is 0.491 e. The van der Waals surface area contributed by atoms with Crippen LogP contribution in [-0.4, -0.2) is 28.9 Å². The van der Waals surface area contributed by atoms with E-state index in [-0.39, 0.29) is 6.61 Å². The molecule has 1 aromatic heterocycles. The van der Waals surface area contributed by atoms with E-state index in [0.29, 0.717) is 6.54 Å². The highest BCUT2D eigenvalue weighted by Crippen LogP contribution is 2.21. The number of benzene rings is 2. The Morgan fingerprint density at radius 1 is 1.13 bits per heavy atom. The predicted octanol–water partition coefficient (Wildman–Crippen LogP) is 1.79. The first-order chi connectivity index (χ1) is 11.3. The number of hydrogen-bond donors (Lipinski definition) is 2. The Hall–Kier alpha value is -2.53. The van der Waals surface area contributed by atoms with E-state index >= 15 is 0 Å². The number of imidazole rings is 1. The summed E-state index contributed by atoms with van der Waals surface area (Å²) < 4.78 is 10.1. The van der Waals surface area contributed by atoms with E-state index < -0.39 is 6.10 Å². The van der Waals surface area contributed by atoms with E-state index in [1.165, 1.54) is 5.52 Å². The summed E-state index contributed by atoms with van der Waals surface area (Å²) >= 11 is 0. The number of nitrogens with one attached hydrogen (secondary N) is 1. The Bertz CT molecular complexity index is 814. The number of aliphatic hydroxyl groups excluding tert-OH is 1. The fourth-order valence-corrected chi connectivity index (χ4v) is 3.15. The van der Waals surface area contributed by atoms with Gasteiger partial charge in [-0.1, -0.05) is 30.3 Å². The number of rotatable bonds is 5. The molecule has 3 aromatic rings. The molecule has 118 valence electrons. The quantitative estimate of drug-likeness (QED) is 0.707. The third-order valence-electron chi connectivity index (χ3n) is 4.17. The van der Waals surface area contributed by atoms with E-state index in [1.54, 1.807) is 0 Å². The highest BCUT2D eigenvalue weighted by Gasteiger charge is 2.28. The number of hydrogen-bond acceptors (Lipinski definition) is 3. The van der Waals surface area contributed by atoms with Crippen LogP contribution in [0.4, 0.5) is 5.95 Å². The van der Waals surface area contributed by atoms with Crippen molar-refractivity contribution in [1.29, 1.82) is 0 Å². The molecule has 0 bridgehead atoms. The standard InChI is InChI=1S/C18H19N3O2/c22-14(13-23-15-6-2-1-3-7-15)12-21-17-9-5-4-8-16(17)20-11-10-19-18(20)21/h1-9,14,22H,10-13H2/p+1/t14-/m1/s1. The molecule has 1 aliphatic rings. The van der Waals surface area contributed by atoms with Gasteiger partial charge in [0.1, 0.15) is 42.6 Å². The lowest BCUT2D eigenvalue weighted by Gasteiger charge is -2.12. The summed E-state index contributed by atoms with van der Waals surface area (Å²) in [6.45, 7) is 2.66. The van der Waals surface area contributed by atoms with Gasteiger partial charge >= 0.3 is 5.95 Å². The zero-order valence-corrected chi connectivity index (χ0v) is 12.9. The third kappa shape index (κ3) is 2.64. The molecule has 23 heavy (non-hydrogen) atoms. The summed E-state index contributed by atoms with van der Waals surface area (Å²) in [5.74, 6) is 1.84. The Labute approximate surface area is 134 Å². The van der Waals surface area contributed by atoms with Crippen LogP contribution >= 0.6 is 0 Å². The molecule has 1 aliphatic heterocycles. The van der Waals surface area contributed by atoms with Crippen molar-refractivity contribution in [3.63, 3.8) is 0 Å². The average Bonchev–Trinajstić information content (AvgIpc) is 3.17. The minimum absolute atomic E-state index is 0.274. The molecule has 0 fully saturated rings. The van der Waals surface area contributed by atoms with Crippen LogP contribution in [0, 0.1) is 0 Å². The number of nitrogens with zero attached hydrogens (tertiary/aromatic N) is 2. The summed E-state index contributed by atoms with van der Waals surface area (Å²) in [5.41, 5.74) is 2.33. The van der Waals surface area contributed by atoms with Crippen LogP contribution in [0.15, 0.2) is 54.6 Å². The van der Waals surface area contributed by atoms with Crippen LogP contribution < -0.4 is 14.6 Å². The summed E-state index contributed by atoms with van der Waals surface area (Å²) in [6.07, 6.45) is -0.571. The minimum atomic E-state index is -0.571. The van der Waals surface area contributed by atoms with Crippen molar-refractivity contribution < 1.29 is 14.4 Å². The Balaban J connectivity index is 1.53. The van der Waals surface area contributed by atoms with Crippen LogP contribution in [0.3, 0.4) is 0 Å². The van der Waals surface area contributed by atoms with Crippen LogP contribution in [0.25, 0.3) is 11.0 Å². The van der Waals surface area contributed by atoms with Gasteiger partial charge in [0.05, 0.1) is 6.54 Å². The van der Waals surface area contributed by atoms with Gasteiger partial charge in [0.2, 0.25) is 0 Å². The van der Waals surface area contributed by atoms with Crippen molar-refractivity contribution in [2.45, 2.75) is 19.2 Å². The molecule has 2 heterocycles. The molecule has 0 saturated heterocycles. The zero-order valence-electron chi connectivity index (χ0n) is 12.9. The Morgan fingerprint density at radius 2 is 1.91 bits per heavy atom. The molecule has 2 aromatic carbocycles. The fraction of sp³-hybridized carbons (Fsp3) is 0.278. The topological polar surface area (TPSA) is 50.3 Å². The second-order valence-electron chi connectivity index (χ2n) is 5.78. The Kier molecular flexibility index (Phi) is 3.63. The van der Waals surface area contributed by atoms with Gasteiger partial charge in [0.25, 0.3) is 0 Å². The van der Waals surface area contributed by atoms with Crippen molar-refractivity contribution in [3.8, 4) is 5.75 Å². The number of fused-ring (bicyclic) bond motifs is 3. The lowest BCUT2D eigenvalue weighted by molar-refractivity contribution is -0.644. The van der Waals surface area contributed by atoms with E-state index in [2.05, 4.69) is 26.6 Å². The molecular weight excluding hydrogens is 290 g/mol. The molecule has 0 aliphatic carbocycles. The molecule has 0 radical (unpaired) electrons. The average molecular weight is 310 g/mol. The number of ether oxygens (including phenoxy) is 1. The number of para-hydroxylation sites is 3. The van der Waals surface area contributed by atoms with Crippen molar-refractivity contribution >= 4 is 17.0 Å². The first-order valence-electron chi connectivity index (χ1n) is 7.94. The van der Waals surface area contributed by atoms with Gasteiger partial charge in [-0.15, -0.1) is 0 Å². The van der Waals surface area contributed by atoms with Gasteiger partial charge < -0.3 is 9.84 Å². The van der Waals surface area contributed by atoms with Crippen molar-refractivity contribution in [2.75, 3.05) is 18.5 Å². The highest BCUT2D eigenvalue weighted by atomic mass is 16.5. The van der Waals surface area contributed by atoms with Crippen LogP contribution in [-0.2, 0) is 13.1 Å². The maximum Gasteiger partial charge on any atom is 0.358 e. The van der Waals surface area contributed by atoms with Gasteiger partial charge in [-0.2, -0.15) is 0 Å². The van der Waals surface area contributed by atoms with Gasteiger partial charge in [0, 0.05) is 0 Å². The molecule has 0 spiro atoms. The number of anilines is 1. The maximum atomic E-state index is 10.4. The van der Waals surface area contributed by atoms with Gasteiger partial charge in [-0.3, -0.25) is 5.32 Å². The number of aliphatic hydroxyl groups is 1. The third-order valence-corrected chi connectivity index (χ3v) is 4.17. The second-order valence-corrected chi connectivity index (χ2v) is 5.78. The minimum Gasteiger partial charge on any atom is -0.491 e. The Morgan fingerprint density at radius 3 is 2.78 bits per heavy atom. The second kappa shape index (κ2) is 5.93. The molecule has 0 amide bonds. The SMILES string of the molecule is O[C@@H](COc1ccccc1)Cn1c2[n+](c3ccccc31)CCN2. The maximum absolute atomic E-state index is 10.4. The molecule has 1 atom stereocenters. The first kappa shape index (κ1) is 14.1. The molecule has 5 nitrogen and oxygen atoms in total. The summed E-state index contributed by atoms with van der Waals surface area (Å²) in [4.78, 5) is 0. The zero-order chi connectivity index (χ0) is 15.6. The van der Waals surface area contributed by atoms with Crippen LogP contribution in [0.1, 0.15) is 0 Å². The van der Waals surface area contributed by atoms with Gasteiger partial charge in [-0.05, 0) is 24.3 Å². The lowest BCUT2D eigenvalue weighted by atomic mass is 10.3.